The highest BCUT2D eigenvalue weighted by molar-refractivity contribution is 5.94. The van der Waals surface area contributed by atoms with Gasteiger partial charge in [0, 0.05) is 17.4 Å². The molecular formula is C14H12N2O5. The minimum atomic E-state index is -1.17. The molecule has 2 aromatic carbocycles. The molecule has 0 amide bonds. The average Bonchev–Trinajstić information content (AvgIpc) is 2.40. The Labute approximate surface area is 119 Å². The molecule has 0 unspecified atom stereocenters. The molecular weight excluding hydrogens is 276 g/mol. The molecule has 0 radical (unpaired) electrons. The highest BCUT2D eigenvalue weighted by atomic mass is 16.5. The van der Waals surface area contributed by atoms with Crippen LogP contribution in [-0.2, 0) is 0 Å². The number of anilines is 2. The number of rotatable bonds is 4. The first-order chi connectivity index (χ1) is 9.88. The van der Waals surface area contributed by atoms with E-state index in [0.29, 0.717) is 5.75 Å². The van der Waals surface area contributed by atoms with Crippen LogP contribution in [0.1, 0.15) is 20.7 Å². The Bertz CT molecular complexity index is 727. The first-order valence-corrected chi connectivity index (χ1v) is 5.82. The maximum Gasteiger partial charge on any atom is 0.337 e. The van der Waals surface area contributed by atoms with Gasteiger partial charge in [0.05, 0.1) is 11.1 Å². The largest absolute Gasteiger partial charge is 0.478 e. The molecule has 0 saturated carbocycles. The number of nitrogens with two attached hydrogens (primary N) is 2. The second kappa shape index (κ2) is 5.41. The van der Waals surface area contributed by atoms with Gasteiger partial charge in [-0.15, -0.1) is 0 Å². The van der Waals surface area contributed by atoms with Gasteiger partial charge in [-0.2, -0.15) is 0 Å². The third-order valence-electron chi connectivity index (χ3n) is 2.74. The molecule has 108 valence electrons. The monoisotopic (exact) mass is 288 g/mol. The molecule has 2 aromatic rings. The number of hydrogen-bond donors (Lipinski definition) is 4. The van der Waals surface area contributed by atoms with E-state index < -0.39 is 11.9 Å². The van der Waals surface area contributed by atoms with E-state index in [4.69, 9.17) is 26.4 Å². The fourth-order valence-corrected chi connectivity index (χ4v) is 1.72. The topological polar surface area (TPSA) is 136 Å². The minimum Gasteiger partial charge on any atom is -0.478 e. The summed E-state index contributed by atoms with van der Waals surface area (Å²) >= 11 is 0. The molecule has 0 aliphatic heterocycles. The van der Waals surface area contributed by atoms with Crippen molar-refractivity contribution in [3.05, 3.63) is 47.5 Å². The van der Waals surface area contributed by atoms with Crippen molar-refractivity contribution in [2.45, 2.75) is 0 Å². The smallest absolute Gasteiger partial charge is 0.337 e. The Morgan fingerprint density at radius 1 is 0.810 bits per heavy atom. The highest BCUT2D eigenvalue weighted by Crippen LogP contribution is 2.27. The zero-order valence-electron chi connectivity index (χ0n) is 10.7. The molecule has 2 rings (SSSR count). The van der Waals surface area contributed by atoms with Crippen molar-refractivity contribution in [3.63, 3.8) is 0 Å². The molecule has 21 heavy (non-hydrogen) atoms. The van der Waals surface area contributed by atoms with Crippen LogP contribution in [0.4, 0.5) is 11.4 Å². The van der Waals surface area contributed by atoms with Crippen LogP contribution < -0.4 is 16.2 Å². The Balaban J connectivity index is 2.30. The molecule has 0 saturated heterocycles. The van der Waals surface area contributed by atoms with Gasteiger partial charge in [-0.25, -0.2) is 9.59 Å². The summed E-state index contributed by atoms with van der Waals surface area (Å²) in [6, 6.07) is 8.27. The van der Waals surface area contributed by atoms with E-state index in [1.165, 1.54) is 36.4 Å². The zero-order chi connectivity index (χ0) is 15.6. The molecule has 0 heterocycles. The summed E-state index contributed by atoms with van der Waals surface area (Å²) in [4.78, 5) is 21.8. The van der Waals surface area contributed by atoms with Crippen LogP contribution >= 0.6 is 0 Å². The number of ether oxygens (including phenoxy) is 1. The van der Waals surface area contributed by atoms with E-state index in [9.17, 15) is 9.59 Å². The van der Waals surface area contributed by atoms with Gasteiger partial charge in [-0.1, -0.05) is 0 Å². The summed E-state index contributed by atoms with van der Waals surface area (Å²) in [6.07, 6.45) is 0. The summed E-state index contributed by atoms with van der Waals surface area (Å²) in [7, 11) is 0. The number of hydrogen-bond acceptors (Lipinski definition) is 5. The van der Waals surface area contributed by atoms with Gasteiger partial charge in [-0.05, 0) is 30.3 Å². The van der Waals surface area contributed by atoms with E-state index in [0.717, 1.165) is 0 Å². The predicted molar refractivity (Wildman–Crippen MR) is 75.7 cm³/mol. The van der Waals surface area contributed by atoms with Gasteiger partial charge in [0.25, 0.3) is 0 Å². The van der Waals surface area contributed by atoms with Crippen molar-refractivity contribution in [1.82, 2.24) is 0 Å². The molecule has 0 aliphatic carbocycles. The Kier molecular flexibility index (Phi) is 3.66. The van der Waals surface area contributed by atoms with Crippen molar-refractivity contribution in [1.29, 1.82) is 0 Å². The van der Waals surface area contributed by atoms with E-state index in [1.807, 2.05) is 0 Å². The lowest BCUT2D eigenvalue weighted by molar-refractivity contribution is 0.0686. The standard InChI is InChI=1S/C14H12N2O5/c15-11-4-2-7(5-10(11)14(19)20)21-8-1-3-9(13(17)18)12(16)6-8/h1-6H,15-16H2,(H,17,18)(H,19,20). The van der Waals surface area contributed by atoms with Gasteiger partial charge < -0.3 is 26.4 Å². The minimum absolute atomic E-state index is 0.0362. The lowest BCUT2D eigenvalue weighted by atomic mass is 10.1. The molecule has 0 atom stereocenters. The van der Waals surface area contributed by atoms with Gasteiger partial charge in [0.1, 0.15) is 11.5 Å². The SMILES string of the molecule is Nc1cc(Oc2ccc(N)c(C(=O)O)c2)ccc1C(=O)O. The fraction of sp³-hybridized carbons (Fsp3) is 0. The third-order valence-corrected chi connectivity index (χ3v) is 2.74. The van der Waals surface area contributed by atoms with E-state index in [-0.39, 0.29) is 28.3 Å². The van der Waals surface area contributed by atoms with E-state index in [2.05, 4.69) is 0 Å². The molecule has 0 spiro atoms. The fourth-order valence-electron chi connectivity index (χ4n) is 1.72. The second-order valence-electron chi connectivity index (χ2n) is 4.21. The summed E-state index contributed by atoms with van der Waals surface area (Å²) in [5.41, 5.74) is 11.2. The number of aromatic carboxylic acids is 2. The number of carbonyl (C=O) groups is 2. The Morgan fingerprint density at radius 2 is 1.38 bits per heavy atom. The maximum absolute atomic E-state index is 11.0. The highest BCUT2D eigenvalue weighted by Gasteiger charge is 2.11. The van der Waals surface area contributed by atoms with Crippen molar-refractivity contribution in [3.8, 4) is 11.5 Å². The van der Waals surface area contributed by atoms with E-state index in [1.54, 1.807) is 0 Å². The summed E-state index contributed by atoms with van der Waals surface area (Å²) in [6.45, 7) is 0. The van der Waals surface area contributed by atoms with Crippen LogP contribution in [0.5, 0.6) is 11.5 Å². The van der Waals surface area contributed by atoms with E-state index >= 15 is 0 Å². The second-order valence-corrected chi connectivity index (χ2v) is 4.21. The number of benzene rings is 2. The first kappa shape index (κ1) is 14.2. The molecule has 7 nitrogen and oxygen atoms in total. The molecule has 0 aliphatic rings. The van der Waals surface area contributed by atoms with Gasteiger partial charge in [0.15, 0.2) is 0 Å². The van der Waals surface area contributed by atoms with Crippen LogP contribution in [-0.4, -0.2) is 22.2 Å². The van der Waals surface area contributed by atoms with Crippen LogP contribution in [0.15, 0.2) is 36.4 Å². The lowest BCUT2D eigenvalue weighted by Gasteiger charge is -2.09. The Morgan fingerprint density at radius 3 is 1.95 bits per heavy atom. The van der Waals surface area contributed by atoms with Crippen molar-refractivity contribution >= 4 is 23.3 Å². The summed E-state index contributed by atoms with van der Waals surface area (Å²) in [5, 5.41) is 17.9. The Hall–Kier alpha value is -3.22. The zero-order valence-corrected chi connectivity index (χ0v) is 10.7. The number of nitrogen functional groups attached to an aromatic ring is 2. The predicted octanol–water partition coefficient (Wildman–Crippen LogP) is 2.04. The van der Waals surface area contributed by atoms with Gasteiger partial charge >= 0.3 is 11.9 Å². The normalized spacial score (nSPS) is 10.1. The van der Waals surface area contributed by atoms with Crippen LogP contribution in [0, 0.1) is 0 Å². The van der Waals surface area contributed by atoms with Crippen molar-refractivity contribution in [2.75, 3.05) is 11.5 Å². The lowest BCUT2D eigenvalue weighted by Crippen LogP contribution is -2.03. The van der Waals surface area contributed by atoms with Crippen LogP contribution in [0.2, 0.25) is 0 Å². The maximum atomic E-state index is 11.0. The third kappa shape index (κ3) is 3.03. The molecule has 0 fully saturated rings. The molecule has 0 bridgehead atoms. The summed E-state index contributed by atoms with van der Waals surface area (Å²) in [5.74, 6) is -1.76. The van der Waals surface area contributed by atoms with Gasteiger partial charge in [0.2, 0.25) is 0 Å². The van der Waals surface area contributed by atoms with Crippen molar-refractivity contribution < 1.29 is 24.5 Å². The number of carboxylic acid groups (broad SMARTS) is 2. The first-order valence-electron chi connectivity index (χ1n) is 5.82. The van der Waals surface area contributed by atoms with Crippen LogP contribution in [0.25, 0.3) is 0 Å². The van der Waals surface area contributed by atoms with Crippen LogP contribution in [0.3, 0.4) is 0 Å². The quantitative estimate of drug-likeness (QED) is 0.632. The van der Waals surface area contributed by atoms with Crippen molar-refractivity contribution in [2.24, 2.45) is 0 Å². The van der Waals surface area contributed by atoms with Gasteiger partial charge in [-0.3, -0.25) is 0 Å². The average molecular weight is 288 g/mol. The molecule has 6 N–H and O–H groups in total. The molecule has 0 aromatic heterocycles. The molecule has 7 heteroatoms. The summed E-state index contributed by atoms with van der Waals surface area (Å²) < 4.78 is 5.45. The number of carboxylic acids is 2.